The third kappa shape index (κ3) is 4.58. The number of aliphatic imine (C=N–C) groups is 1. The zero-order valence-electron chi connectivity index (χ0n) is 15.4. The molecule has 2 aromatic rings. The highest BCUT2D eigenvalue weighted by Crippen LogP contribution is 2.29. The van der Waals surface area contributed by atoms with E-state index in [1.165, 1.54) is 23.8 Å². The number of para-hydroxylation sites is 1. The van der Waals surface area contributed by atoms with Gasteiger partial charge in [-0.05, 0) is 36.4 Å². The van der Waals surface area contributed by atoms with Crippen molar-refractivity contribution < 1.29 is 19.1 Å². The molecule has 7 nitrogen and oxygen atoms in total. The Bertz CT molecular complexity index is 913. The number of carbonyl (C=O) groups is 3. The van der Waals surface area contributed by atoms with Gasteiger partial charge in [0.15, 0.2) is 5.17 Å². The van der Waals surface area contributed by atoms with Crippen molar-refractivity contribution in [3.8, 4) is 0 Å². The first-order valence-corrected chi connectivity index (χ1v) is 9.42. The zero-order valence-corrected chi connectivity index (χ0v) is 16.2. The van der Waals surface area contributed by atoms with Gasteiger partial charge in [-0.25, -0.2) is 9.79 Å². The Balaban J connectivity index is 1.72. The first kappa shape index (κ1) is 19.6. The molecule has 0 aliphatic carbocycles. The number of rotatable bonds is 4. The summed E-state index contributed by atoms with van der Waals surface area (Å²) in [7, 11) is 2.96. The Morgan fingerprint density at radius 1 is 1.14 bits per heavy atom. The number of benzene rings is 2. The Labute approximate surface area is 166 Å². The number of nitrogens with zero attached hydrogens (tertiary/aromatic N) is 2. The first-order valence-electron chi connectivity index (χ1n) is 8.54. The van der Waals surface area contributed by atoms with Crippen molar-refractivity contribution in [3.63, 3.8) is 0 Å². The monoisotopic (exact) mass is 397 g/mol. The van der Waals surface area contributed by atoms with Crippen molar-refractivity contribution in [2.45, 2.75) is 11.7 Å². The van der Waals surface area contributed by atoms with Gasteiger partial charge in [-0.3, -0.25) is 14.5 Å². The highest BCUT2D eigenvalue weighted by atomic mass is 32.2. The van der Waals surface area contributed by atoms with Crippen molar-refractivity contribution in [1.82, 2.24) is 4.90 Å². The zero-order chi connectivity index (χ0) is 20.1. The maximum absolute atomic E-state index is 12.6. The van der Waals surface area contributed by atoms with Crippen LogP contribution < -0.4 is 5.32 Å². The van der Waals surface area contributed by atoms with Gasteiger partial charge < -0.3 is 10.1 Å². The molecule has 2 aromatic carbocycles. The molecule has 1 N–H and O–H groups in total. The summed E-state index contributed by atoms with van der Waals surface area (Å²) in [4.78, 5) is 42.4. The van der Waals surface area contributed by atoms with Gasteiger partial charge in [0.2, 0.25) is 11.8 Å². The molecule has 1 unspecified atom stereocenters. The van der Waals surface area contributed by atoms with Crippen molar-refractivity contribution in [1.29, 1.82) is 0 Å². The van der Waals surface area contributed by atoms with E-state index in [1.54, 1.807) is 31.3 Å². The second-order valence-corrected chi connectivity index (χ2v) is 7.22. The number of nitrogens with one attached hydrogen (secondary N) is 1. The Morgan fingerprint density at radius 2 is 1.82 bits per heavy atom. The number of hydrogen-bond donors (Lipinski definition) is 1. The predicted molar refractivity (Wildman–Crippen MR) is 109 cm³/mol. The highest BCUT2D eigenvalue weighted by Gasteiger charge is 2.34. The van der Waals surface area contributed by atoms with Gasteiger partial charge in [0.05, 0.1) is 18.4 Å². The van der Waals surface area contributed by atoms with E-state index in [1.807, 2.05) is 30.3 Å². The Kier molecular flexibility index (Phi) is 6.10. The normalized spacial score (nSPS) is 18.1. The molecular weight excluding hydrogens is 378 g/mol. The number of hydrogen-bond acceptors (Lipinski definition) is 6. The average Bonchev–Trinajstić information content (AvgIpc) is 2.72. The first-order chi connectivity index (χ1) is 13.5. The number of ether oxygens (including phenoxy) is 1. The molecule has 0 aromatic heterocycles. The van der Waals surface area contributed by atoms with Crippen LogP contribution in [-0.2, 0) is 14.3 Å². The van der Waals surface area contributed by atoms with E-state index >= 15 is 0 Å². The number of carbonyl (C=O) groups excluding carboxylic acids is 3. The third-order valence-corrected chi connectivity index (χ3v) is 5.36. The second-order valence-electron chi connectivity index (χ2n) is 6.05. The molecule has 2 amide bonds. The fraction of sp³-hybridized carbons (Fsp3) is 0.200. The van der Waals surface area contributed by atoms with Crippen LogP contribution >= 0.6 is 11.8 Å². The van der Waals surface area contributed by atoms with Crippen molar-refractivity contribution in [2.75, 3.05) is 19.5 Å². The molecule has 1 atom stereocenters. The smallest absolute Gasteiger partial charge is 0.337 e. The lowest BCUT2D eigenvalue weighted by Crippen LogP contribution is -2.43. The predicted octanol–water partition coefficient (Wildman–Crippen LogP) is 3.06. The van der Waals surface area contributed by atoms with Crippen LogP contribution in [0, 0.1) is 0 Å². The van der Waals surface area contributed by atoms with Crippen LogP contribution in [0.3, 0.4) is 0 Å². The largest absolute Gasteiger partial charge is 0.465 e. The summed E-state index contributed by atoms with van der Waals surface area (Å²) >= 11 is 1.25. The second kappa shape index (κ2) is 8.71. The highest BCUT2D eigenvalue weighted by molar-refractivity contribution is 8.15. The standard InChI is InChI=1S/C20H19N3O4S/c1-23-17(24)12-16(28-20(23)22-14-6-4-3-5-7-14)18(25)21-15-10-8-13(9-11-15)19(26)27-2/h3-11,16H,12H2,1-2H3,(H,21,25). The SMILES string of the molecule is COC(=O)c1ccc(NC(=O)C2CC(=O)N(C)C(=Nc3ccccc3)S2)cc1. The lowest BCUT2D eigenvalue weighted by Gasteiger charge is -2.28. The van der Waals surface area contributed by atoms with Crippen LogP contribution in [0.1, 0.15) is 16.8 Å². The van der Waals surface area contributed by atoms with Gasteiger partial charge in [0, 0.05) is 19.2 Å². The molecule has 144 valence electrons. The van der Waals surface area contributed by atoms with Gasteiger partial charge >= 0.3 is 5.97 Å². The van der Waals surface area contributed by atoms with E-state index in [2.05, 4.69) is 15.0 Å². The van der Waals surface area contributed by atoms with Crippen LogP contribution in [0.15, 0.2) is 59.6 Å². The molecule has 28 heavy (non-hydrogen) atoms. The molecular formula is C20H19N3O4S. The molecule has 3 rings (SSSR count). The molecule has 0 radical (unpaired) electrons. The van der Waals surface area contributed by atoms with E-state index in [0.29, 0.717) is 22.1 Å². The van der Waals surface area contributed by atoms with Crippen molar-refractivity contribution in [3.05, 3.63) is 60.2 Å². The maximum atomic E-state index is 12.6. The number of thioether (sulfide) groups is 1. The molecule has 1 aliphatic heterocycles. The van der Waals surface area contributed by atoms with Gasteiger partial charge in [-0.15, -0.1) is 0 Å². The van der Waals surface area contributed by atoms with Crippen molar-refractivity contribution in [2.24, 2.45) is 4.99 Å². The minimum Gasteiger partial charge on any atom is -0.465 e. The molecule has 0 saturated carbocycles. The van der Waals surface area contributed by atoms with Gasteiger partial charge in [-0.2, -0.15) is 0 Å². The average molecular weight is 397 g/mol. The minimum atomic E-state index is -0.591. The molecule has 8 heteroatoms. The Morgan fingerprint density at radius 3 is 2.46 bits per heavy atom. The summed E-state index contributed by atoms with van der Waals surface area (Å²) < 4.78 is 4.65. The lowest BCUT2D eigenvalue weighted by molar-refractivity contribution is -0.128. The summed E-state index contributed by atoms with van der Waals surface area (Å²) in [5.41, 5.74) is 1.64. The lowest BCUT2D eigenvalue weighted by atomic mass is 10.2. The van der Waals surface area contributed by atoms with E-state index in [9.17, 15) is 14.4 Å². The van der Waals surface area contributed by atoms with Crippen LogP contribution in [-0.4, -0.2) is 47.3 Å². The van der Waals surface area contributed by atoms with E-state index < -0.39 is 11.2 Å². The summed E-state index contributed by atoms with van der Waals surface area (Å²) in [5, 5.41) is 2.66. The number of anilines is 1. The summed E-state index contributed by atoms with van der Waals surface area (Å²) in [6.45, 7) is 0. The quantitative estimate of drug-likeness (QED) is 0.801. The molecule has 1 heterocycles. The van der Waals surface area contributed by atoms with Crippen molar-refractivity contribution >= 4 is 46.1 Å². The van der Waals surface area contributed by atoms with E-state index in [0.717, 1.165) is 0 Å². The molecule has 0 spiro atoms. The fourth-order valence-corrected chi connectivity index (χ4v) is 3.61. The maximum Gasteiger partial charge on any atom is 0.337 e. The molecule has 1 aliphatic rings. The van der Waals surface area contributed by atoms with Crippen LogP contribution in [0.5, 0.6) is 0 Å². The van der Waals surface area contributed by atoms with Gasteiger partial charge in [0.1, 0.15) is 5.25 Å². The number of methoxy groups -OCH3 is 1. The number of esters is 1. The van der Waals surface area contributed by atoms with E-state index in [4.69, 9.17) is 0 Å². The topological polar surface area (TPSA) is 88.1 Å². The minimum absolute atomic E-state index is 0.0844. The molecule has 0 bridgehead atoms. The third-order valence-electron chi connectivity index (χ3n) is 4.12. The fourth-order valence-electron chi connectivity index (χ4n) is 2.54. The van der Waals surface area contributed by atoms with E-state index in [-0.39, 0.29) is 18.2 Å². The van der Waals surface area contributed by atoms with Crippen LogP contribution in [0.4, 0.5) is 11.4 Å². The molecule has 1 fully saturated rings. The summed E-state index contributed by atoms with van der Waals surface area (Å²) in [6, 6.07) is 15.6. The number of amidine groups is 1. The number of amides is 2. The van der Waals surface area contributed by atoms with Gasteiger partial charge in [0.25, 0.3) is 0 Å². The van der Waals surface area contributed by atoms with Gasteiger partial charge in [-0.1, -0.05) is 30.0 Å². The summed E-state index contributed by atoms with van der Waals surface area (Å²) in [5.74, 6) is -0.913. The summed E-state index contributed by atoms with van der Waals surface area (Å²) in [6.07, 6.45) is 0.0844. The van der Waals surface area contributed by atoms with Crippen LogP contribution in [0.25, 0.3) is 0 Å². The van der Waals surface area contributed by atoms with Crippen LogP contribution in [0.2, 0.25) is 0 Å². The molecule has 1 saturated heterocycles. The Hall–Kier alpha value is -3.13.